The van der Waals surface area contributed by atoms with Crippen molar-refractivity contribution in [2.24, 2.45) is 0 Å². The quantitative estimate of drug-likeness (QED) is 0.648. The summed E-state index contributed by atoms with van der Waals surface area (Å²) >= 11 is 0. The average Bonchev–Trinajstić information content (AvgIpc) is 1.69. The van der Waals surface area contributed by atoms with Gasteiger partial charge in [0, 0.05) is 21.1 Å². The Morgan fingerprint density at radius 2 is 2.38 bits per heavy atom. The number of aryl methyl sites for hydroxylation is 1. The first kappa shape index (κ1) is 7.77. The first-order chi connectivity index (χ1) is 3.39. The van der Waals surface area contributed by atoms with Gasteiger partial charge in [0.15, 0.2) is 0 Å². The Morgan fingerprint density at radius 3 is 2.62 bits per heavy atom. The molecule has 0 radical (unpaired) electrons. The van der Waals surface area contributed by atoms with E-state index in [9.17, 15) is 0 Å². The van der Waals surface area contributed by atoms with Crippen molar-refractivity contribution in [2.75, 3.05) is 0 Å². The summed E-state index contributed by atoms with van der Waals surface area (Å²) in [6.07, 6.45) is 5.83. The zero-order chi connectivity index (χ0) is 5.11. The van der Waals surface area contributed by atoms with Gasteiger partial charge in [0.2, 0.25) is 0 Å². The fourth-order valence-electron chi connectivity index (χ4n) is 0.338. The summed E-state index contributed by atoms with van der Waals surface area (Å²) < 4.78 is 0. The summed E-state index contributed by atoms with van der Waals surface area (Å²) in [5.74, 6) is 0. The van der Waals surface area contributed by atoms with Crippen LogP contribution in [0.3, 0.4) is 0 Å². The topological polar surface area (TPSA) is 25.8 Å². The van der Waals surface area contributed by atoms with Crippen molar-refractivity contribution in [1.82, 2.24) is 9.97 Å². The van der Waals surface area contributed by atoms with E-state index in [4.69, 9.17) is 0 Å². The van der Waals surface area contributed by atoms with Crippen LogP contribution in [0.4, 0.5) is 0 Å². The molecule has 0 bridgehead atoms. The number of aromatic nitrogens is 2. The van der Waals surface area contributed by atoms with Crippen molar-refractivity contribution >= 4 is 0 Å². The maximum absolute atomic E-state index is 3.79. The van der Waals surface area contributed by atoms with Crippen LogP contribution in [-0.4, -0.2) is 9.97 Å². The molecule has 0 saturated carbocycles. The Kier molecular flexibility index (Phi) is 3.62. The van der Waals surface area contributed by atoms with Gasteiger partial charge in [0.25, 0.3) is 0 Å². The summed E-state index contributed by atoms with van der Waals surface area (Å²) in [4.78, 5) is 7.56. The Morgan fingerprint density at radius 1 is 1.62 bits per heavy atom. The van der Waals surface area contributed by atoms with Crippen LogP contribution in [0.5, 0.6) is 0 Å². The van der Waals surface area contributed by atoms with Gasteiger partial charge in [0.1, 0.15) is 0 Å². The van der Waals surface area contributed by atoms with E-state index in [0.29, 0.717) is 0 Å². The van der Waals surface area contributed by atoms with Crippen molar-refractivity contribution in [2.45, 2.75) is 6.92 Å². The van der Waals surface area contributed by atoms with Gasteiger partial charge in [-0.05, 0) is 12.4 Å². The molecule has 1 aromatic rings. The van der Waals surface area contributed by atoms with Crippen LogP contribution in [0.15, 0.2) is 12.4 Å². The minimum Gasteiger partial charge on any atom is -0.453 e. The number of rotatable bonds is 0. The molecule has 8 heavy (non-hydrogen) atoms. The van der Waals surface area contributed by atoms with Crippen molar-refractivity contribution in [3.05, 3.63) is 24.3 Å². The molecule has 1 heterocycles. The third-order valence-electron chi connectivity index (χ3n) is 0.635. The summed E-state index contributed by atoms with van der Waals surface area (Å²) in [5, 5.41) is 0. The summed E-state index contributed by atoms with van der Waals surface area (Å²) in [5.41, 5.74) is 0.905. The van der Waals surface area contributed by atoms with Gasteiger partial charge in [-0.15, -0.1) is 6.20 Å². The number of nitrogens with zero attached hydrogens (tertiary/aromatic N) is 2. The van der Waals surface area contributed by atoms with Crippen LogP contribution in [0.1, 0.15) is 5.69 Å². The third kappa shape index (κ3) is 2.17. The number of hydrogen-bond donors (Lipinski definition) is 0. The van der Waals surface area contributed by atoms with Crippen molar-refractivity contribution in [3.8, 4) is 0 Å². The minimum absolute atomic E-state index is 0. The fourth-order valence-corrected chi connectivity index (χ4v) is 0.338. The monoisotopic (exact) mass is 277 g/mol. The second-order valence-corrected chi connectivity index (χ2v) is 1.29. The first-order valence-corrected chi connectivity index (χ1v) is 2.04. The van der Waals surface area contributed by atoms with Gasteiger partial charge in [-0.1, -0.05) is 12.6 Å². The first-order valence-electron chi connectivity index (χ1n) is 2.04. The molecule has 0 fully saturated rings. The summed E-state index contributed by atoms with van der Waals surface area (Å²) in [7, 11) is 0. The maximum Gasteiger partial charge on any atom is 0 e. The van der Waals surface area contributed by atoms with E-state index in [-0.39, 0.29) is 21.1 Å². The largest absolute Gasteiger partial charge is 0.453 e. The van der Waals surface area contributed by atoms with Gasteiger partial charge in [0.05, 0.1) is 0 Å². The van der Waals surface area contributed by atoms with Crippen LogP contribution >= 0.6 is 0 Å². The smallest absolute Gasteiger partial charge is 0 e. The molecule has 1 aromatic heterocycles. The Hall–Kier alpha value is -0.232. The molecule has 0 N–H and O–H groups in total. The normalized spacial score (nSPS) is 7.62. The molecule has 2 nitrogen and oxygen atoms in total. The summed E-state index contributed by atoms with van der Waals surface area (Å²) in [6, 6.07) is 0. The van der Waals surface area contributed by atoms with Gasteiger partial charge in [-0.2, -0.15) is 0 Å². The van der Waals surface area contributed by atoms with Gasteiger partial charge in [-0.3, -0.25) is 0 Å². The average molecular weight is 277 g/mol. The molecule has 0 amide bonds. The van der Waals surface area contributed by atoms with E-state index in [0.717, 1.165) is 5.69 Å². The maximum atomic E-state index is 3.79. The van der Waals surface area contributed by atoms with E-state index < -0.39 is 0 Å². The molecular weight excluding hydrogens is 272 g/mol. The Balaban J connectivity index is 0.000000490. The van der Waals surface area contributed by atoms with Crippen LogP contribution in [0.25, 0.3) is 0 Å². The molecule has 0 aromatic carbocycles. The van der Waals surface area contributed by atoms with Crippen molar-refractivity contribution in [3.63, 3.8) is 0 Å². The molecule has 0 aliphatic rings. The van der Waals surface area contributed by atoms with Gasteiger partial charge in [-0.25, -0.2) is 0 Å². The molecule has 1 rings (SSSR count). The summed E-state index contributed by atoms with van der Waals surface area (Å²) in [6.45, 7) is 1.88. The van der Waals surface area contributed by atoms with E-state index >= 15 is 0 Å². The Bertz CT molecular complexity index is 140. The Labute approximate surface area is 62.6 Å². The molecule has 0 aliphatic carbocycles. The van der Waals surface area contributed by atoms with E-state index in [1.54, 1.807) is 6.20 Å². The second-order valence-electron chi connectivity index (χ2n) is 1.29. The van der Waals surface area contributed by atoms with Crippen LogP contribution in [0, 0.1) is 13.1 Å². The van der Waals surface area contributed by atoms with E-state index in [2.05, 4.69) is 16.2 Å². The molecule has 0 saturated heterocycles. The molecular formula is C5H5N2W-. The SMILES string of the molecule is Cc1cnc[c-]n1.[W]. The predicted molar refractivity (Wildman–Crippen MR) is 25.6 cm³/mol. The third-order valence-corrected chi connectivity index (χ3v) is 0.635. The zero-order valence-electron chi connectivity index (χ0n) is 4.46. The van der Waals surface area contributed by atoms with Crippen molar-refractivity contribution < 1.29 is 21.1 Å². The van der Waals surface area contributed by atoms with Gasteiger partial charge >= 0.3 is 0 Å². The fraction of sp³-hybridized carbons (Fsp3) is 0.200. The molecule has 0 atom stereocenters. The minimum atomic E-state index is 0. The molecule has 3 heteroatoms. The van der Waals surface area contributed by atoms with E-state index in [1.165, 1.54) is 6.20 Å². The van der Waals surface area contributed by atoms with Gasteiger partial charge < -0.3 is 9.97 Å². The molecule has 0 unspecified atom stereocenters. The van der Waals surface area contributed by atoms with E-state index in [1.807, 2.05) is 6.92 Å². The van der Waals surface area contributed by atoms with Crippen LogP contribution in [0.2, 0.25) is 0 Å². The van der Waals surface area contributed by atoms with Crippen molar-refractivity contribution in [1.29, 1.82) is 0 Å². The molecule has 42 valence electrons. The molecule has 0 spiro atoms. The zero-order valence-corrected chi connectivity index (χ0v) is 7.39. The van der Waals surface area contributed by atoms with Crippen LogP contribution in [-0.2, 0) is 21.1 Å². The standard InChI is InChI=1S/C5H5N2.W/c1-5-4-6-2-3-7-5;/h2,4H,1H3;/q-1;. The molecule has 0 aliphatic heterocycles. The predicted octanol–water partition coefficient (Wildman–Crippen LogP) is 0.583. The second kappa shape index (κ2) is 3.73. The van der Waals surface area contributed by atoms with Crippen LogP contribution < -0.4 is 0 Å². The number of hydrogen-bond acceptors (Lipinski definition) is 2.